The van der Waals surface area contributed by atoms with Crippen molar-refractivity contribution in [2.24, 2.45) is 5.92 Å². The molecule has 0 bridgehead atoms. The molecular formula is C30H35NO5S. The Labute approximate surface area is 219 Å². The van der Waals surface area contributed by atoms with Gasteiger partial charge in [0.2, 0.25) is 0 Å². The van der Waals surface area contributed by atoms with E-state index in [1.54, 1.807) is 29.7 Å². The van der Waals surface area contributed by atoms with E-state index < -0.39 is 20.2 Å². The number of hydrogen-bond acceptors (Lipinski definition) is 5. The number of hydrogen-bond donors (Lipinski definition) is 2. The topological polar surface area (TPSA) is 92.7 Å². The minimum Gasteiger partial charge on any atom is -0.494 e. The first-order valence-electron chi connectivity index (χ1n) is 12.9. The number of hydroxylamine groups is 1. The van der Waals surface area contributed by atoms with Crippen LogP contribution in [0.3, 0.4) is 0 Å². The smallest absolute Gasteiger partial charge is 0.261 e. The van der Waals surface area contributed by atoms with Gasteiger partial charge in [0, 0.05) is 26.8 Å². The standard InChI is InChI=1S/C30H35NO5S/c1-37(35,30(29(33)31-34)20-6-3-7-21-30)27-18-16-26(17-19-27)36-22-8-11-28(32)25-14-12-24(13-15-25)23-9-4-2-5-10-23/h2,4-5,9-10,12-14,16-19,25,34H,1,3,6-8,11,15,20-22H2,(H,31,33). The van der Waals surface area contributed by atoms with Crippen molar-refractivity contribution in [2.75, 3.05) is 6.61 Å². The van der Waals surface area contributed by atoms with Crippen molar-refractivity contribution < 1.29 is 23.7 Å². The Morgan fingerprint density at radius 3 is 2.38 bits per heavy atom. The van der Waals surface area contributed by atoms with Gasteiger partial charge in [0.1, 0.15) is 16.3 Å². The van der Waals surface area contributed by atoms with Crippen LogP contribution in [-0.2, 0) is 19.1 Å². The molecule has 0 spiro atoms. The highest BCUT2D eigenvalue weighted by molar-refractivity contribution is 8.02. The fraction of sp³-hybridized carbons (Fsp3) is 0.367. The molecular weight excluding hydrogens is 486 g/mol. The monoisotopic (exact) mass is 521 g/mol. The molecule has 2 N–H and O–H groups in total. The van der Waals surface area contributed by atoms with Crippen LogP contribution >= 0.6 is 0 Å². The fourth-order valence-electron chi connectivity index (χ4n) is 5.24. The van der Waals surface area contributed by atoms with Gasteiger partial charge in [0.15, 0.2) is 0 Å². The van der Waals surface area contributed by atoms with Crippen LogP contribution < -0.4 is 10.2 Å². The van der Waals surface area contributed by atoms with Crippen molar-refractivity contribution in [3.05, 3.63) is 78.4 Å². The fourth-order valence-corrected chi connectivity index (χ4v) is 7.56. The molecule has 7 heteroatoms. The van der Waals surface area contributed by atoms with Gasteiger partial charge in [0.25, 0.3) is 5.91 Å². The quantitative estimate of drug-likeness (QED) is 0.190. The van der Waals surface area contributed by atoms with Gasteiger partial charge in [-0.05, 0) is 67.0 Å². The molecule has 0 saturated heterocycles. The number of Topliss-reactive ketones (excluding diaryl/α,β-unsaturated/α-hetero) is 1. The van der Waals surface area contributed by atoms with Crippen molar-refractivity contribution in [3.63, 3.8) is 0 Å². The van der Waals surface area contributed by atoms with Crippen molar-refractivity contribution in [2.45, 2.75) is 61.0 Å². The maximum Gasteiger partial charge on any atom is 0.261 e. The van der Waals surface area contributed by atoms with Gasteiger partial charge in [-0.15, -0.1) is 0 Å². The number of nitrogens with one attached hydrogen (secondary N) is 1. The van der Waals surface area contributed by atoms with Crippen molar-refractivity contribution in [1.29, 1.82) is 0 Å². The average molecular weight is 522 g/mol. The minimum absolute atomic E-state index is 0.0971. The molecule has 37 heavy (non-hydrogen) atoms. The second-order valence-electron chi connectivity index (χ2n) is 9.79. The summed E-state index contributed by atoms with van der Waals surface area (Å²) in [5, 5.41) is 9.30. The number of ketones is 1. The van der Waals surface area contributed by atoms with E-state index in [1.165, 1.54) is 0 Å². The SMILES string of the molecule is C=S(=O)(c1ccc(OCCCC(=O)C2C=CC(c3ccccc3)=CC2)cc1)C1(C(=O)NO)CCCCC1. The maximum absolute atomic E-state index is 13.8. The highest BCUT2D eigenvalue weighted by Crippen LogP contribution is 2.39. The minimum atomic E-state index is -3.01. The van der Waals surface area contributed by atoms with Gasteiger partial charge in [-0.25, -0.2) is 5.48 Å². The normalized spacial score (nSPS) is 20.4. The Kier molecular flexibility index (Phi) is 8.67. The van der Waals surface area contributed by atoms with Gasteiger partial charge in [-0.2, -0.15) is 0 Å². The molecule has 1 saturated carbocycles. The van der Waals surface area contributed by atoms with E-state index in [0.717, 1.165) is 30.4 Å². The number of amides is 1. The number of ether oxygens (including phenoxy) is 1. The van der Waals surface area contributed by atoms with E-state index in [-0.39, 0.29) is 11.7 Å². The molecule has 2 aromatic carbocycles. The zero-order valence-electron chi connectivity index (χ0n) is 21.1. The van der Waals surface area contributed by atoms with Crippen LogP contribution in [0, 0.1) is 5.92 Å². The van der Waals surface area contributed by atoms with Crippen molar-refractivity contribution in [1.82, 2.24) is 5.48 Å². The third-order valence-corrected chi connectivity index (χ3v) is 10.4. The largest absolute Gasteiger partial charge is 0.494 e. The predicted molar refractivity (Wildman–Crippen MR) is 147 cm³/mol. The van der Waals surface area contributed by atoms with Gasteiger partial charge in [0.05, 0.1) is 6.61 Å². The van der Waals surface area contributed by atoms with Gasteiger partial charge >= 0.3 is 0 Å². The van der Waals surface area contributed by atoms with Crippen LogP contribution in [0.5, 0.6) is 5.75 Å². The molecule has 0 aliphatic heterocycles. The Morgan fingerprint density at radius 2 is 1.76 bits per heavy atom. The third kappa shape index (κ3) is 5.89. The summed E-state index contributed by atoms with van der Waals surface area (Å²) >= 11 is 0. The van der Waals surface area contributed by atoms with Crippen LogP contribution in [0.25, 0.3) is 5.57 Å². The third-order valence-electron chi connectivity index (χ3n) is 7.47. The lowest BCUT2D eigenvalue weighted by Crippen LogP contribution is -2.52. The molecule has 1 amide bonds. The zero-order valence-corrected chi connectivity index (χ0v) is 21.9. The lowest BCUT2D eigenvalue weighted by molar-refractivity contribution is -0.132. The highest BCUT2D eigenvalue weighted by atomic mass is 32.2. The molecule has 2 aliphatic carbocycles. The first-order valence-corrected chi connectivity index (χ1v) is 14.6. The van der Waals surface area contributed by atoms with E-state index in [0.29, 0.717) is 49.4 Å². The molecule has 0 aromatic heterocycles. The summed E-state index contributed by atoms with van der Waals surface area (Å²) in [5.41, 5.74) is 4.03. The number of allylic oxidation sites excluding steroid dienone is 4. The van der Waals surface area contributed by atoms with Gasteiger partial charge < -0.3 is 4.74 Å². The molecule has 0 heterocycles. The highest BCUT2D eigenvalue weighted by Gasteiger charge is 2.47. The van der Waals surface area contributed by atoms with E-state index >= 15 is 0 Å². The Morgan fingerprint density at radius 1 is 1.05 bits per heavy atom. The molecule has 1 fully saturated rings. The lowest BCUT2D eigenvalue weighted by atomic mass is 9.88. The van der Waals surface area contributed by atoms with Crippen LogP contribution in [0.1, 0.15) is 56.9 Å². The summed E-state index contributed by atoms with van der Waals surface area (Å²) < 4.78 is 18.4. The van der Waals surface area contributed by atoms with Crippen LogP contribution in [0.15, 0.2) is 77.7 Å². The summed E-state index contributed by atoms with van der Waals surface area (Å²) in [7, 11) is -3.01. The Balaban J connectivity index is 1.27. The van der Waals surface area contributed by atoms with Gasteiger partial charge in [-0.1, -0.05) is 67.8 Å². The van der Waals surface area contributed by atoms with Crippen molar-refractivity contribution >= 4 is 32.7 Å². The summed E-state index contributed by atoms with van der Waals surface area (Å²) in [6, 6.07) is 16.9. The Hall–Kier alpha value is -3.16. The molecule has 2 unspecified atom stereocenters. The molecule has 4 rings (SSSR count). The summed E-state index contributed by atoms with van der Waals surface area (Å²) in [5.74, 6) is 4.04. The first-order chi connectivity index (χ1) is 17.9. The molecule has 2 aliphatic rings. The molecule has 6 nitrogen and oxygen atoms in total. The summed E-state index contributed by atoms with van der Waals surface area (Å²) in [6.45, 7) is 0.392. The van der Waals surface area contributed by atoms with Crippen LogP contribution in [0.2, 0.25) is 0 Å². The van der Waals surface area contributed by atoms with Crippen LogP contribution in [-0.4, -0.2) is 38.3 Å². The molecule has 0 radical (unpaired) electrons. The molecule has 196 valence electrons. The first kappa shape index (κ1) is 26.9. The average Bonchev–Trinajstić information content (AvgIpc) is 2.96. The molecule has 2 atom stereocenters. The van der Waals surface area contributed by atoms with Gasteiger partial charge in [-0.3, -0.25) is 19.0 Å². The molecule has 2 aromatic rings. The van der Waals surface area contributed by atoms with Crippen LogP contribution in [0.4, 0.5) is 0 Å². The van der Waals surface area contributed by atoms with Crippen molar-refractivity contribution in [3.8, 4) is 5.75 Å². The predicted octanol–water partition coefficient (Wildman–Crippen LogP) is 5.36. The number of rotatable bonds is 10. The number of carbonyl (C=O) groups excluding carboxylic acids is 2. The zero-order chi connectivity index (χ0) is 26.3. The van der Waals surface area contributed by atoms with E-state index in [2.05, 4.69) is 24.1 Å². The Bertz CT molecular complexity index is 1260. The van der Waals surface area contributed by atoms with E-state index in [1.807, 2.05) is 30.4 Å². The number of carbonyl (C=O) groups is 2. The van der Waals surface area contributed by atoms with E-state index in [9.17, 15) is 19.0 Å². The second kappa shape index (κ2) is 11.9. The summed E-state index contributed by atoms with van der Waals surface area (Å²) in [4.78, 5) is 25.7. The van der Waals surface area contributed by atoms with E-state index in [4.69, 9.17) is 4.74 Å². The lowest BCUT2D eigenvalue weighted by Gasteiger charge is -2.37. The number of benzene rings is 2. The summed E-state index contributed by atoms with van der Waals surface area (Å²) in [6.07, 6.45) is 11.2. The maximum atomic E-state index is 13.8. The second-order valence-corrected chi connectivity index (χ2v) is 12.4.